The second-order valence-corrected chi connectivity index (χ2v) is 15.0. The molecule has 2 heterocycles. The zero-order valence-electron chi connectivity index (χ0n) is 29.8. The van der Waals surface area contributed by atoms with E-state index < -0.39 is 12.2 Å². The molecule has 6 N–H and O–H groups in total. The third-order valence-corrected chi connectivity index (χ3v) is 10.3. The van der Waals surface area contributed by atoms with Crippen molar-refractivity contribution >= 4 is 50.2 Å². The first-order valence-electron chi connectivity index (χ1n) is 17.7. The second kappa shape index (κ2) is 16.8. The molecule has 12 heteroatoms. The summed E-state index contributed by atoms with van der Waals surface area (Å²) in [4.78, 5) is 40.4. The molecule has 1 aromatic heterocycles. The molecular weight excluding hydrogens is 738 g/mol. The Balaban J connectivity index is 1.03. The fourth-order valence-corrected chi connectivity index (χ4v) is 7.15. The molecule has 1 atom stereocenters. The number of nitrogens with zero attached hydrogens (tertiary/aromatic N) is 1. The number of carbonyl (C=O) groups excluding carboxylic acids is 2. The number of phenols is 1. The number of likely N-dealkylation sites (tertiary alicyclic amines) is 1. The van der Waals surface area contributed by atoms with E-state index in [0.717, 1.165) is 57.1 Å². The van der Waals surface area contributed by atoms with Crippen LogP contribution < -0.4 is 21.5 Å². The minimum atomic E-state index is -0.880. The zero-order valence-corrected chi connectivity index (χ0v) is 31.4. The second-order valence-electron chi connectivity index (χ2n) is 14.2. The molecule has 2 amide bonds. The summed E-state index contributed by atoms with van der Waals surface area (Å²) in [5.41, 5.74) is 5.49. The van der Waals surface area contributed by atoms with Crippen LogP contribution in [0.4, 0.5) is 16.2 Å². The van der Waals surface area contributed by atoms with Gasteiger partial charge in [0, 0.05) is 53.8 Å². The average molecular weight is 784 g/mol. The maximum atomic E-state index is 13.1. The summed E-state index contributed by atoms with van der Waals surface area (Å²) in [5, 5.41) is 30.8. The zero-order chi connectivity index (χ0) is 37.5. The monoisotopic (exact) mass is 782 g/mol. The van der Waals surface area contributed by atoms with Gasteiger partial charge in [0.2, 0.25) is 11.5 Å². The summed E-state index contributed by atoms with van der Waals surface area (Å²) in [6, 6.07) is 27.4. The van der Waals surface area contributed by atoms with Gasteiger partial charge in [0.25, 0.3) is 0 Å². The molecule has 1 aliphatic rings. The number of piperidine rings is 1. The summed E-state index contributed by atoms with van der Waals surface area (Å²) in [6.07, 6.45) is 0.887. The highest BCUT2D eigenvalue weighted by Gasteiger charge is 2.28. The van der Waals surface area contributed by atoms with Crippen molar-refractivity contribution in [3.05, 3.63) is 123 Å². The number of pyridine rings is 1. The van der Waals surface area contributed by atoms with E-state index in [2.05, 4.69) is 51.0 Å². The van der Waals surface area contributed by atoms with Crippen LogP contribution in [-0.4, -0.2) is 71.5 Å². The summed E-state index contributed by atoms with van der Waals surface area (Å²) in [7, 11) is 4.38. The van der Waals surface area contributed by atoms with E-state index in [4.69, 9.17) is 4.74 Å². The first-order valence-corrected chi connectivity index (χ1v) is 18.5. The number of ether oxygens (including phenoxy) is 1. The number of hydrogen-bond donors (Lipinski definition) is 6. The number of halogens is 1. The number of fused-ring (bicyclic) bond motifs is 1. The Labute approximate surface area is 316 Å². The number of aliphatic hydroxyl groups is 1. The van der Waals surface area contributed by atoms with E-state index in [1.807, 2.05) is 66.7 Å². The summed E-state index contributed by atoms with van der Waals surface area (Å²) in [6.45, 7) is 2.61. The molecule has 276 valence electrons. The number of nitrogens with one attached hydrogen (secondary N) is 4. The van der Waals surface area contributed by atoms with Gasteiger partial charge in [-0.1, -0.05) is 54.6 Å². The Bertz CT molecular complexity index is 2140. The molecule has 0 unspecified atom stereocenters. The number of quaternary nitrogens is 1. The number of amides is 2. The van der Waals surface area contributed by atoms with Crippen LogP contribution in [0.25, 0.3) is 22.0 Å². The smallest absolute Gasteiger partial charge is 0.411 e. The summed E-state index contributed by atoms with van der Waals surface area (Å²) in [5.74, 6) is -0.211. The lowest BCUT2D eigenvalue weighted by Crippen LogP contribution is -2.48. The number of benzene rings is 4. The highest BCUT2D eigenvalue weighted by Crippen LogP contribution is 2.31. The minimum Gasteiger partial charge on any atom is -0.506 e. The van der Waals surface area contributed by atoms with Gasteiger partial charge in [-0.25, -0.2) is 4.79 Å². The molecule has 1 saturated heterocycles. The van der Waals surface area contributed by atoms with Crippen LogP contribution in [0.1, 0.15) is 42.1 Å². The Morgan fingerprint density at radius 1 is 0.925 bits per heavy atom. The van der Waals surface area contributed by atoms with Crippen LogP contribution in [-0.2, 0) is 22.5 Å². The number of phenolic OH excluding ortho intramolecular Hbond substituents is 1. The fraction of sp³-hybridized carbons (Fsp3) is 0.293. The van der Waals surface area contributed by atoms with E-state index in [1.54, 1.807) is 12.1 Å². The van der Waals surface area contributed by atoms with Crippen LogP contribution >= 0.6 is 15.9 Å². The number of aromatic amines is 1. The number of aromatic hydroxyl groups is 1. The molecule has 0 radical (unpaired) electrons. The van der Waals surface area contributed by atoms with Crippen molar-refractivity contribution in [3.63, 3.8) is 0 Å². The highest BCUT2D eigenvalue weighted by atomic mass is 79.9. The number of aromatic nitrogens is 1. The standard InChI is InChI=1S/C41H44BrN5O6/c1-47(2)20-18-29(19-21-47)53-41(52)45-35-23-26(8-11-30(35)28-6-4-3-5-7-28)10-16-38(50)44-34-14-9-27(22-33(34)42)24-43-25-37(49)31-12-15-36(48)40-32(31)13-17-39(51)46-40/h3-9,11-15,17,22-23,29,37,43,49H,10,16,18-21,24-25H2,1-2H3,(H3-,44,45,46,48,50,51,52)/p+1/t37-/m0/s1. The number of aryl methyl sites for hydroxylation is 1. The third kappa shape index (κ3) is 9.91. The van der Waals surface area contributed by atoms with Crippen molar-refractivity contribution < 1.29 is 29.0 Å². The van der Waals surface area contributed by atoms with Gasteiger partial charge >= 0.3 is 6.09 Å². The summed E-state index contributed by atoms with van der Waals surface area (Å²) >= 11 is 3.57. The van der Waals surface area contributed by atoms with Crippen LogP contribution in [0, 0.1) is 0 Å². The van der Waals surface area contributed by atoms with E-state index in [-0.39, 0.29) is 41.8 Å². The molecule has 5 aromatic rings. The molecule has 0 bridgehead atoms. The molecule has 4 aromatic carbocycles. The number of carbonyl (C=O) groups is 2. The number of anilines is 2. The molecule has 0 saturated carbocycles. The summed E-state index contributed by atoms with van der Waals surface area (Å²) < 4.78 is 7.46. The van der Waals surface area contributed by atoms with Crippen molar-refractivity contribution in [1.29, 1.82) is 0 Å². The molecular formula is C41H45BrN5O6+. The largest absolute Gasteiger partial charge is 0.506 e. The number of H-pyrrole nitrogens is 1. The lowest BCUT2D eigenvalue weighted by molar-refractivity contribution is -0.896. The van der Waals surface area contributed by atoms with Gasteiger partial charge < -0.3 is 35.1 Å². The SMILES string of the molecule is C[N+]1(C)CCC(OC(=O)Nc2cc(CCC(=O)Nc3ccc(CNC[C@H](O)c4ccc(O)c5[nH]c(=O)ccc45)cc3Br)ccc2-c2ccccc2)CC1. The molecule has 0 spiro atoms. The molecule has 6 rings (SSSR count). The van der Waals surface area contributed by atoms with Gasteiger partial charge in [-0.15, -0.1) is 0 Å². The maximum absolute atomic E-state index is 13.1. The van der Waals surface area contributed by atoms with Crippen molar-refractivity contribution in [2.75, 3.05) is 44.4 Å². The molecule has 1 aliphatic heterocycles. The van der Waals surface area contributed by atoms with E-state index in [1.165, 1.54) is 12.1 Å². The van der Waals surface area contributed by atoms with Gasteiger partial charge in [-0.3, -0.25) is 14.9 Å². The van der Waals surface area contributed by atoms with Gasteiger partial charge in [0.05, 0.1) is 50.2 Å². The fourth-order valence-electron chi connectivity index (χ4n) is 6.62. The average Bonchev–Trinajstić information content (AvgIpc) is 3.13. The van der Waals surface area contributed by atoms with Crippen molar-refractivity contribution in [1.82, 2.24) is 10.3 Å². The number of rotatable bonds is 12. The van der Waals surface area contributed by atoms with E-state index >= 15 is 0 Å². The Morgan fingerprint density at radius 2 is 1.68 bits per heavy atom. The Morgan fingerprint density at radius 3 is 2.43 bits per heavy atom. The number of hydrogen-bond acceptors (Lipinski definition) is 7. The Kier molecular flexibility index (Phi) is 11.9. The predicted molar refractivity (Wildman–Crippen MR) is 211 cm³/mol. The maximum Gasteiger partial charge on any atom is 0.411 e. The van der Waals surface area contributed by atoms with Crippen molar-refractivity contribution in [2.24, 2.45) is 0 Å². The molecule has 1 fully saturated rings. The highest BCUT2D eigenvalue weighted by molar-refractivity contribution is 9.10. The van der Waals surface area contributed by atoms with Crippen LogP contribution in [0.3, 0.4) is 0 Å². The first-order chi connectivity index (χ1) is 25.4. The van der Waals surface area contributed by atoms with Crippen LogP contribution in [0.15, 0.2) is 100 Å². The normalized spacial score (nSPS) is 14.8. The van der Waals surface area contributed by atoms with Gasteiger partial charge in [-0.2, -0.15) is 0 Å². The van der Waals surface area contributed by atoms with Gasteiger partial charge in [0.1, 0.15) is 11.9 Å². The Hall–Kier alpha value is -5.01. The lowest BCUT2D eigenvalue weighted by Gasteiger charge is -2.36. The molecule has 11 nitrogen and oxygen atoms in total. The number of aliphatic hydroxyl groups excluding tert-OH is 1. The molecule has 0 aliphatic carbocycles. The van der Waals surface area contributed by atoms with Gasteiger partial charge in [0.15, 0.2) is 0 Å². The lowest BCUT2D eigenvalue weighted by atomic mass is 9.99. The quantitative estimate of drug-likeness (QED) is 0.0758. The van der Waals surface area contributed by atoms with Crippen LogP contribution in [0.2, 0.25) is 0 Å². The van der Waals surface area contributed by atoms with Crippen molar-refractivity contribution in [3.8, 4) is 16.9 Å². The molecule has 53 heavy (non-hydrogen) atoms. The topological polar surface area (TPSA) is 153 Å². The minimum absolute atomic E-state index is 0.0601. The van der Waals surface area contributed by atoms with E-state index in [0.29, 0.717) is 35.3 Å². The van der Waals surface area contributed by atoms with E-state index in [9.17, 15) is 24.6 Å². The van der Waals surface area contributed by atoms with Crippen LogP contribution in [0.5, 0.6) is 5.75 Å². The van der Waals surface area contributed by atoms with Crippen molar-refractivity contribution in [2.45, 2.75) is 44.4 Å². The van der Waals surface area contributed by atoms with Gasteiger partial charge in [-0.05, 0) is 74.9 Å². The predicted octanol–water partition coefficient (Wildman–Crippen LogP) is 6.85. The third-order valence-electron chi connectivity index (χ3n) is 9.67. The first kappa shape index (κ1) is 37.7.